The van der Waals surface area contributed by atoms with Crippen molar-refractivity contribution in [2.45, 2.75) is 78.1 Å². The molecule has 3 nitrogen and oxygen atoms in total. The van der Waals surface area contributed by atoms with Crippen LogP contribution < -0.4 is 0 Å². The van der Waals surface area contributed by atoms with Crippen molar-refractivity contribution in [2.24, 2.45) is 17.9 Å². The highest BCUT2D eigenvalue weighted by atomic mass is 15.3. The van der Waals surface area contributed by atoms with Crippen molar-refractivity contribution in [2.75, 3.05) is 0 Å². The van der Waals surface area contributed by atoms with Gasteiger partial charge in [-0.05, 0) is 78.7 Å². The molecule has 0 atom stereocenters. The quantitative estimate of drug-likeness (QED) is 0.425. The molecule has 0 saturated heterocycles. The summed E-state index contributed by atoms with van der Waals surface area (Å²) < 4.78 is 1.93. The van der Waals surface area contributed by atoms with Gasteiger partial charge in [-0.3, -0.25) is 0 Å². The van der Waals surface area contributed by atoms with E-state index in [1.54, 1.807) is 11.1 Å². The Morgan fingerprint density at radius 1 is 0.750 bits per heavy atom. The van der Waals surface area contributed by atoms with Gasteiger partial charge < -0.3 is 0 Å². The molecular weight excluding hydrogens is 390 g/mol. The molecule has 0 N–H and O–H groups in total. The van der Waals surface area contributed by atoms with Crippen LogP contribution in [0.4, 0.5) is 0 Å². The highest BCUT2D eigenvalue weighted by Gasteiger charge is 2.70. The maximum atomic E-state index is 4.76. The smallest absolute Gasteiger partial charge is 0.158 e. The van der Waals surface area contributed by atoms with E-state index in [1.165, 1.54) is 47.9 Å². The summed E-state index contributed by atoms with van der Waals surface area (Å²) in [4.78, 5) is 4.76. The predicted octanol–water partition coefficient (Wildman–Crippen LogP) is 6.90. The molecule has 3 aliphatic rings. The fraction of sp³-hybridized carbons (Fsp3) is 0.517. The second-order valence-corrected chi connectivity index (χ2v) is 12.6. The van der Waals surface area contributed by atoms with Crippen LogP contribution in [0.1, 0.15) is 75.9 Å². The topological polar surface area (TPSA) is 30.7 Å². The van der Waals surface area contributed by atoms with Crippen LogP contribution in [-0.2, 0) is 17.9 Å². The molecule has 2 fully saturated rings. The molecule has 0 aliphatic heterocycles. The Morgan fingerprint density at radius 2 is 1.28 bits per heavy atom. The summed E-state index contributed by atoms with van der Waals surface area (Å²) in [5.74, 6) is 1.80. The first-order chi connectivity index (χ1) is 15.0. The summed E-state index contributed by atoms with van der Waals surface area (Å²) >= 11 is 0. The Kier molecular flexibility index (Phi) is 3.74. The van der Waals surface area contributed by atoms with Gasteiger partial charge in [0.25, 0.3) is 0 Å². The molecule has 1 aromatic heterocycles. The maximum Gasteiger partial charge on any atom is 0.158 e. The fourth-order valence-corrected chi connectivity index (χ4v) is 8.46. The van der Waals surface area contributed by atoms with E-state index in [1.807, 2.05) is 18.7 Å². The predicted molar refractivity (Wildman–Crippen MR) is 131 cm³/mol. The van der Waals surface area contributed by atoms with E-state index in [9.17, 15) is 0 Å². The average Bonchev–Trinajstić information content (AvgIpc) is 3.22. The second-order valence-electron chi connectivity index (χ2n) is 12.6. The number of aryl methyl sites for hydroxylation is 3. The number of nitrogens with zero attached hydrogens (tertiary/aromatic N) is 3. The van der Waals surface area contributed by atoms with Crippen molar-refractivity contribution >= 4 is 0 Å². The number of benzene rings is 2. The van der Waals surface area contributed by atoms with Gasteiger partial charge >= 0.3 is 0 Å². The molecule has 3 heteroatoms. The van der Waals surface area contributed by atoms with Gasteiger partial charge in [-0.2, -0.15) is 5.10 Å². The van der Waals surface area contributed by atoms with Crippen molar-refractivity contribution in [3.05, 3.63) is 58.9 Å². The number of fused-ring (bicyclic) bond motifs is 3. The van der Waals surface area contributed by atoms with Gasteiger partial charge in [0.1, 0.15) is 5.82 Å². The zero-order valence-corrected chi connectivity index (χ0v) is 20.6. The van der Waals surface area contributed by atoms with E-state index in [4.69, 9.17) is 4.98 Å². The summed E-state index contributed by atoms with van der Waals surface area (Å²) in [6.07, 6.45) is 5.05. The first-order valence-electron chi connectivity index (χ1n) is 12.1. The molecule has 0 spiro atoms. The molecular formula is C29H35N3. The van der Waals surface area contributed by atoms with Crippen molar-refractivity contribution in [1.82, 2.24) is 14.8 Å². The molecule has 0 amide bonds. The third-order valence-electron chi connectivity index (χ3n) is 8.68. The third kappa shape index (κ3) is 2.48. The molecule has 1 heterocycles. The highest BCUT2D eigenvalue weighted by molar-refractivity contribution is 5.81. The van der Waals surface area contributed by atoms with Gasteiger partial charge in [0.05, 0.1) is 0 Å². The van der Waals surface area contributed by atoms with Crippen LogP contribution in [0, 0.1) is 24.7 Å². The van der Waals surface area contributed by atoms with Crippen LogP contribution in [-0.4, -0.2) is 14.8 Å². The summed E-state index contributed by atoms with van der Waals surface area (Å²) in [5.41, 5.74) is 9.70. The minimum Gasteiger partial charge on any atom is -0.249 e. The largest absolute Gasteiger partial charge is 0.249 e. The standard InChI is InChI=1S/C29H35N3/c1-18-8-10-21-22-11-9-20(25-30-19(2)31-32(25)7)13-24(22)29-16-26(3,4)14-28(29,23(21)12-18)15-27(5,6)17-29/h8-13H,14-17H2,1-7H3. The van der Waals surface area contributed by atoms with Gasteiger partial charge in [-0.1, -0.05) is 63.6 Å². The normalized spacial score (nSPS) is 28.7. The second kappa shape index (κ2) is 5.92. The van der Waals surface area contributed by atoms with Crippen molar-refractivity contribution in [3.8, 4) is 22.5 Å². The monoisotopic (exact) mass is 425 g/mol. The lowest BCUT2D eigenvalue weighted by atomic mass is 9.55. The van der Waals surface area contributed by atoms with Crippen LogP contribution in [0.5, 0.6) is 0 Å². The minimum atomic E-state index is 0.180. The van der Waals surface area contributed by atoms with Gasteiger partial charge in [0.15, 0.2) is 5.82 Å². The van der Waals surface area contributed by atoms with Crippen LogP contribution in [0.15, 0.2) is 36.4 Å². The Labute approximate surface area is 192 Å². The minimum absolute atomic E-state index is 0.180. The third-order valence-corrected chi connectivity index (χ3v) is 8.68. The van der Waals surface area contributed by atoms with Crippen molar-refractivity contribution < 1.29 is 0 Å². The average molecular weight is 426 g/mol. The first-order valence-corrected chi connectivity index (χ1v) is 12.1. The Bertz CT molecular complexity index is 1250. The van der Waals surface area contributed by atoms with Crippen LogP contribution in [0.3, 0.4) is 0 Å². The molecule has 2 aromatic carbocycles. The lowest BCUT2D eigenvalue weighted by Crippen LogP contribution is -2.43. The molecule has 0 bridgehead atoms. The highest BCUT2D eigenvalue weighted by Crippen LogP contribution is 2.76. The summed E-state index contributed by atoms with van der Waals surface area (Å²) in [6, 6.07) is 14.3. The van der Waals surface area contributed by atoms with Gasteiger partial charge in [-0.25, -0.2) is 9.67 Å². The van der Waals surface area contributed by atoms with E-state index < -0.39 is 0 Å². The number of rotatable bonds is 1. The van der Waals surface area contributed by atoms with E-state index in [2.05, 4.69) is 76.1 Å². The van der Waals surface area contributed by atoms with Crippen LogP contribution >= 0.6 is 0 Å². The van der Waals surface area contributed by atoms with Gasteiger partial charge in [-0.15, -0.1) is 0 Å². The fourth-order valence-electron chi connectivity index (χ4n) is 8.46. The number of hydrogen-bond acceptors (Lipinski definition) is 2. The summed E-state index contributed by atoms with van der Waals surface area (Å²) in [7, 11) is 2.01. The van der Waals surface area contributed by atoms with Crippen molar-refractivity contribution in [1.29, 1.82) is 0 Å². The van der Waals surface area contributed by atoms with Crippen molar-refractivity contribution in [3.63, 3.8) is 0 Å². The first kappa shape index (κ1) is 20.2. The number of hydrogen-bond donors (Lipinski definition) is 0. The van der Waals surface area contributed by atoms with E-state index in [0.717, 1.165) is 11.6 Å². The Morgan fingerprint density at radius 3 is 1.81 bits per heavy atom. The number of aromatic nitrogens is 3. The molecule has 166 valence electrons. The maximum absolute atomic E-state index is 4.76. The van der Waals surface area contributed by atoms with E-state index >= 15 is 0 Å². The van der Waals surface area contributed by atoms with Crippen LogP contribution in [0.2, 0.25) is 0 Å². The summed E-state index contributed by atoms with van der Waals surface area (Å²) in [5, 5.41) is 4.53. The SMILES string of the molecule is Cc1ccc2c(c1)C13CC(C)(C)CC1(CC(C)(C)C3)c1cc(-c3nc(C)nn3C)ccc1-2. The Hall–Kier alpha value is -2.42. The van der Waals surface area contributed by atoms with E-state index in [0.29, 0.717) is 10.8 Å². The summed E-state index contributed by atoms with van der Waals surface area (Å²) in [6.45, 7) is 14.2. The van der Waals surface area contributed by atoms with Crippen LogP contribution in [0.25, 0.3) is 22.5 Å². The molecule has 0 unspecified atom stereocenters. The van der Waals surface area contributed by atoms with Gasteiger partial charge in [0, 0.05) is 23.4 Å². The lowest BCUT2D eigenvalue weighted by Gasteiger charge is -2.48. The molecule has 2 saturated carbocycles. The molecule has 3 aromatic rings. The Balaban J connectivity index is 1.70. The van der Waals surface area contributed by atoms with E-state index in [-0.39, 0.29) is 10.8 Å². The van der Waals surface area contributed by atoms with Gasteiger partial charge in [0.2, 0.25) is 0 Å². The molecule has 32 heavy (non-hydrogen) atoms. The zero-order valence-electron chi connectivity index (χ0n) is 20.6. The lowest BCUT2D eigenvalue weighted by molar-refractivity contribution is 0.264. The molecule has 6 rings (SSSR count). The molecule has 0 radical (unpaired) electrons. The zero-order chi connectivity index (χ0) is 22.7. The molecule has 3 aliphatic carbocycles.